The molecule has 0 heterocycles. The third kappa shape index (κ3) is 5.14. The third-order valence-electron chi connectivity index (χ3n) is 10.4. The summed E-state index contributed by atoms with van der Waals surface area (Å²) in [7, 11) is 0. The number of phenols is 3. The van der Waals surface area contributed by atoms with Gasteiger partial charge in [0, 0.05) is 39.3 Å². The van der Waals surface area contributed by atoms with Gasteiger partial charge in [-0.25, -0.2) is 0 Å². The molecule has 0 radical (unpaired) electrons. The second-order valence-electron chi connectivity index (χ2n) is 13.2. The van der Waals surface area contributed by atoms with Crippen LogP contribution in [0.15, 0.2) is 182 Å². The van der Waals surface area contributed by atoms with Crippen LogP contribution in [0.1, 0.15) is 22.6 Å². The van der Waals surface area contributed by atoms with Crippen LogP contribution in [0.5, 0.6) is 17.2 Å². The van der Waals surface area contributed by atoms with Crippen molar-refractivity contribution in [1.82, 2.24) is 0 Å². The van der Waals surface area contributed by atoms with E-state index in [4.69, 9.17) is 0 Å². The van der Waals surface area contributed by atoms with E-state index in [-0.39, 0.29) is 17.2 Å². The summed E-state index contributed by atoms with van der Waals surface area (Å²) in [6.45, 7) is 0. The van der Waals surface area contributed by atoms with Crippen LogP contribution in [-0.2, 0) is 0 Å². The fourth-order valence-electron chi connectivity index (χ4n) is 7.92. The summed E-state index contributed by atoms with van der Waals surface area (Å²) < 4.78 is 0. The molecular formula is C49H34O3. The Morgan fingerprint density at radius 1 is 0.250 bits per heavy atom. The molecule has 0 aromatic heterocycles. The highest BCUT2D eigenvalue weighted by Crippen LogP contribution is 2.51. The quantitative estimate of drug-likeness (QED) is 0.154. The number of benzene rings is 9. The summed E-state index contributed by atoms with van der Waals surface area (Å²) in [5.41, 5.74) is 6.44. The molecule has 0 unspecified atom stereocenters. The average Bonchev–Trinajstić information content (AvgIpc) is 3.19. The molecule has 3 N–H and O–H groups in total. The van der Waals surface area contributed by atoms with E-state index in [0.29, 0.717) is 33.4 Å². The molecular weight excluding hydrogens is 637 g/mol. The van der Waals surface area contributed by atoms with Gasteiger partial charge in [-0.15, -0.1) is 0 Å². The Labute approximate surface area is 302 Å². The normalized spacial score (nSPS) is 11.5. The maximum Gasteiger partial charge on any atom is 0.127 e. The van der Waals surface area contributed by atoms with Gasteiger partial charge in [-0.05, 0) is 49.0 Å². The van der Waals surface area contributed by atoms with Crippen molar-refractivity contribution in [2.24, 2.45) is 0 Å². The molecule has 0 bridgehead atoms. The van der Waals surface area contributed by atoms with E-state index in [1.54, 1.807) is 0 Å². The SMILES string of the molecule is Oc1c(-c2cccc3ccccc23)cccc1C(c1cccc(-c2cccc3ccccc23)c1O)c1cccc(-c2cccc3ccccc23)c1O. The smallest absolute Gasteiger partial charge is 0.127 e. The van der Waals surface area contributed by atoms with Gasteiger partial charge in [0.05, 0.1) is 0 Å². The second-order valence-corrected chi connectivity index (χ2v) is 13.2. The molecule has 0 amide bonds. The van der Waals surface area contributed by atoms with Crippen molar-refractivity contribution >= 4 is 32.3 Å². The van der Waals surface area contributed by atoms with E-state index in [0.717, 1.165) is 49.0 Å². The molecule has 0 saturated carbocycles. The zero-order valence-corrected chi connectivity index (χ0v) is 28.2. The molecule has 9 aromatic rings. The lowest BCUT2D eigenvalue weighted by Crippen LogP contribution is -2.06. The van der Waals surface area contributed by atoms with Gasteiger partial charge >= 0.3 is 0 Å². The molecule has 0 atom stereocenters. The van der Waals surface area contributed by atoms with Gasteiger partial charge in [0.1, 0.15) is 17.2 Å². The van der Waals surface area contributed by atoms with Crippen molar-refractivity contribution in [3.63, 3.8) is 0 Å². The van der Waals surface area contributed by atoms with Gasteiger partial charge < -0.3 is 15.3 Å². The summed E-state index contributed by atoms with van der Waals surface area (Å²) in [5.74, 6) is -0.462. The van der Waals surface area contributed by atoms with Crippen LogP contribution < -0.4 is 0 Å². The maximum absolute atomic E-state index is 12.4. The number of hydrogen-bond acceptors (Lipinski definition) is 3. The second kappa shape index (κ2) is 12.8. The van der Waals surface area contributed by atoms with Gasteiger partial charge in [-0.1, -0.05) is 182 Å². The van der Waals surface area contributed by atoms with Gasteiger partial charge in [-0.2, -0.15) is 0 Å². The maximum atomic E-state index is 12.4. The summed E-state index contributed by atoms with van der Waals surface area (Å²) >= 11 is 0. The Balaban J connectivity index is 1.31. The molecule has 0 saturated heterocycles. The first-order valence-corrected chi connectivity index (χ1v) is 17.5. The first-order chi connectivity index (χ1) is 25.6. The van der Waals surface area contributed by atoms with Crippen molar-refractivity contribution in [1.29, 1.82) is 0 Å². The minimum Gasteiger partial charge on any atom is -0.507 e. The van der Waals surface area contributed by atoms with E-state index < -0.39 is 5.92 Å². The third-order valence-corrected chi connectivity index (χ3v) is 10.4. The molecule has 0 aliphatic carbocycles. The fourth-order valence-corrected chi connectivity index (χ4v) is 7.92. The van der Waals surface area contributed by atoms with E-state index >= 15 is 0 Å². The monoisotopic (exact) mass is 670 g/mol. The Morgan fingerprint density at radius 3 is 0.827 bits per heavy atom. The van der Waals surface area contributed by atoms with E-state index in [1.807, 2.05) is 127 Å². The topological polar surface area (TPSA) is 60.7 Å². The number of fused-ring (bicyclic) bond motifs is 3. The molecule has 0 spiro atoms. The minimum absolute atomic E-state index is 0.0915. The molecule has 9 aromatic carbocycles. The molecule has 9 rings (SSSR count). The first kappa shape index (κ1) is 31.2. The lowest BCUT2D eigenvalue weighted by Gasteiger charge is -2.25. The lowest BCUT2D eigenvalue weighted by atomic mass is 9.80. The van der Waals surface area contributed by atoms with Crippen LogP contribution in [0.25, 0.3) is 65.7 Å². The number of rotatable bonds is 6. The van der Waals surface area contributed by atoms with Crippen LogP contribution >= 0.6 is 0 Å². The van der Waals surface area contributed by atoms with Crippen LogP contribution in [-0.4, -0.2) is 15.3 Å². The summed E-state index contributed by atoms with van der Waals surface area (Å²) in [5, 5.41) is 43.4. The van der Waals surface area contributed by atoms with Gasteiger partial charge in [0.25, 0.3) is 0 Å². The van der Waals surface area contributed by atoms with Crippen LogP contribution in [0.3, 0.4) is 0 Å². The van der Waals surface area contributed by atoms with Crippen molar-refractivity contribution in [3.05, 3.63) is 199 Å². The molecule has 248 valence electrons. The standard InChI is InChI=1S/C49H34O3/c50-47-40(37-22-7-16-31-13-1-4-19-34(31)37)25-10-28-43(47)46(44-29-11-26-41(48(44)51)38-23-8-17-32-14-2-5-20-35(32)38)45-30-12-27-42(49(45)52)39-24-9-18-33-15-3-6-21-36(33)39/h1-30,46,50-52H. The number of phenolic OH excluding ortho intramolecular Hbond substituents is 3. The van der Waals surface area contributed by atoms with Crippen LogP contribution in [0.2, 0.25) is 0 Å². The van der Waals surface area contributed by atoms with Crippen molar-refractivity contribution in [3.8, 4) is 50.6 Å². The minimum atomic E-state index is -0.736. The first-order valence-electron chi connectivity index (χ1n) is 17.5. The van der Waals surface area contributed by atoms with Crippen molar-refractivity contribution < 1.29 is 15.3 Å². The van der Waals surface area contributed by atoms with E-state index in [2.05, 4.69) is 54.6 Å². The molecule has 0 aliphatic rings. The molecule has 3 heteroatoms. The van der Waals surface area contributed by atoms with Gasteiger partial charge in [0.15, 0.2) is 0 Å². The zero-order chi connectivity index (χ0) is 35.2. The highest BCUT2D eigenvalue weighted by molar-refractivity contribution is 6.01. The zero-order valence-electron chi connectivity index (χ0n) is 28.2. The number of para-hydroxylation sites is 3. The summed E-state index contributed by atoms with van der Waals surface area (Å²) in [4.78, 5) is 0. The number of aromatic hydroxyl groups is 3. The number of hydrogen-bond donors (Lipinski definition) is 3. The Bertz CT molecular complexity index is 2480. The van der Waals surface area contributed by atoms with Crippen LogP contribution in [0.4, 0.5) is 0 Å². The van der Waals surface area contributed by atoms with Gasteiger partial charge in [-0.3, -0.25) is 0 Å². The van der Waals surface area contributed by atoms with Gasteiger partial charge in [0.2, 0.25) is 0 Å². The van der Waals surface area contributed by atoms with Crippen molar-refractivity contribution in [2.75, 3.05) is 0 Å². The molecule has 0 fully saturated rings. The van der Waals surface area contributed by atoms with E-state index in [1.165, 1.54) is 0 Å². The van der Waals surface area contributed by atoms with Crippen molar-refractivity contribution in [2.45, 2.75) is 5.92 Å². The average molecular weight is 671 g/mol. The Kier molecular flexibility index (Phi) is 7.67. The summed E-state index contributed by atoms with van der Waals surface area (Å²) in [6.07, 6.45) is 0. The Morgan fingerprint density at radius 2 is 0.500 bits per heavy atom. The summed E-state index contributed by atoms with van der Waals surface area (Å²) in [6, 6.07) is 60.0. The predicted octanol–water partition coefficient (Wildman–Crippen LogP) is 12.4. The Hall–Kier alpha value is -6.84. The molecule has 52 heavy (non-hydrogen) atoms. The lowest BCUT2D eigenvalue weighted by molar-refractivity contribution is 0.453. The highest BCUT2D eigenvalue weighted by Gasteiger charge is 2.29. The largest absolute Gasteiger partial charge is 0.507 e. The van der Waals surface area contributed by atoms with Crippen LogP contribution in [0, 0.1) is 0 Å². The fraction of sp³-hybridized carbons (Fsp3) is 0.0204. The van der Waals surface area contributed by atoms with E-state index in [9.17, 15) is 15.3 Å². The predicted molar refractivity (Wildman–Crippen MR) is 214 cm³/mol. The highest BCUT2D eigenvalue weighted by atomic mass is 16.3. The molecule has 0 aliphatic heterocycles. The molecule has 3 nitrogen and oxygen atoms in total.